The van der Waals surface area contributed by atoms with E-state index >= 15 is 0 Å². The summed E-state index contributed by atoms with van der Waals surface area (Å²) in [6.07, 6.45) is 1.11. The van der Waals surface area contributed by atoms with Crippen molar-refractivity contribution in [3.63, 3.8) is 0 Å². The molecule has 1 aliphatic carbocycles. The van der Waals surface area contributed by atoms with E-state index in [1.54, 1.807) is 23.1 Å². The Morgan fingerprint density at radius 2 is 2.05 bits per heavy atom. The van der Waals surface area contributed by atoms with Crippen LogP contribution in [-0.4, -0.2) is 104 Å². The molecule has 0 spiro atoms. The molecule has 3 rings (SSSR count). The van der Waals surface area contributed by atoms with Gasteiger partial charge in [-0.15, -0.1) is 0 Å². The number of aliphatic hydroxyl groups is 3. The van der Waals surface area contributed by atoms with Crippen LogP contribution < -0.4 is 14.8 Å². The van der Waals surface area contributed by atoms with Crippen LogP contribution in [-0.2, 0) is 25.7 Å². The number of nitrogens with one attached hydrogen (secondary N) is 1. The van der Waals surface area contributed by atoms with E-state index in [0.717, 1.165) is 12.8 Å². The Hall–Kier alpha value is -1.97. The van der Waals surface area contributed by atoms with Gasteiger partial charge in [-0.25, -0.2) is 0 Å². The fourth-order valence-electron chi connectivity index (χ4n) is 4.66. The van der Waals surface area contributed by atoms with Crippen LogP contribution in [0.5, 0.6) is 11.5 Å². The van der Waals surface area contributed by atoms with Crippen LogP contribution in [0.25, 0.3) is 0 Å². The first-order valence-electron chi connectivity index (χ1n) is 12.6. The van der Waals surface area contributed by atoms with Crippen LogP contribution in [0.15, 0.2) is 23.8 Å². The Morgan fingerprint density at radius 3 is 2.68 bits per heavy atom. The van der Waals surface area contributed by atoms with E-state index in [2.05, 4.69) is 27.9 Å². The smallest absolute Gasteiger partial charge is 0.247 e. The normalized spacial score (nSPS) is 23.1. The second-order valence-electron chi connectivity index (χ2n) is 9.21. The molecule has 11 nitrogen and oxygen atoms in total. The lowest BCUT2D eigenvalue weighted by molar-refractivity contribution is -0.141. The summed E-state index contributed by atoms with van der Waals surface area (Å²) >= 11 is 2.06. The molecule has 12 heteroatoms. The molecule has 1 saturated heterocycles. The van der Waals surface area contributed by atoms with Gasteiger partial charge in [0, 0.05) is 38.8 Å². The Balaban J connectivity index is 1.97. The molecule has 4 N–H and O–H groups in total. The van der Waals surface area contributed by atoms with Gasteiger partial charge in [-0.2, -0.15) is 0 Å². The number of carbonyl (C=O) groups excluding carboxylic acids is 2. The maximum atomic E-state index is 13.3. The van der Waals surface area contributed by atoms with Gasteiger partial charge in [0.25, 0.3) is 0 Å². The van der Waals surface area contributed by atoms with Gasteiger partial charge in [0.05, 0.1) is 49.1 Å². The molecule has 1 heterocycles. The summed E-state index contributed by atoms with van der Waals surface area (Å²) in [4.78, 5) is 27.9. The monoisotopic (exact) mass is 648 g/mol. The highest BCUT2D eigenvalue weighted by molar-refractivity contribution is 14.1. The summed E-state index contributed by atoms with van der Waals surface area (Å²) in [5.74, 6) is 0.0740. The summed E-state index contributed by atoms with van der Waals surface area (Å²) in [6.45, 7) is 0.760. The number of hydrogen-bond acceptors (Lipinski definition) is 9. The third-order valence-corrected chi connectivity index (χ3v) is 7.41. The molecule has 1 fully saturated rings. The molecule has 0 saturated carbocycles. The van der Waals surface area contributed by atoms with Crippen LogP contribution in [0.3, 0.4) is 0 Å². The summed E-state index contributed by atoms with van der Waals surface area (Å²) in [7, 11) is 2.99. The van der Waals surface area contributed by atoms with E-state index in [9.17, 15) is 24.9 Å². The fraction of sp³-hybridized carbons (Fsp3) is 0.615. The van der Waals surface area contributed by atoms with E-state index in [4.69, 9.17) is 18.9 Å². The quantitative estimate of drug-likeness (QED) is 0.228. The number of amides is 2. The first kappa shape index (κ1) is 30.6. The van der Waals surface area contributed by atoms with Gasteiger partial charge in [0.1, 0.15) is 12.2 Å². The lowest BCUT2D eigenvalue weighted by atomic mass is 9.87. The number of ether oxygens (including phenoxy) is 4. The molecular formula is C26H37IN2O9. The molecule has 2 aliphatic rings. The molecule has 0 bridgehead atoms. The molecule has 2 amide bonds. The Kier molecular flexibility index (Phi) is 12.1. The largest absolute Gasteiger partial charge is 0.493 e. The zero-order chi connectivity index (χ0) is 27.7. The van der Waals surface area contributed by atoms with Crippen molar-refractivity contribution in [2.75, 3.05) is 47.1 Å². The minimum atomic E-state index is -1.17. The molecule has 212 valence electrons. The van der Waals surface area contributed by atoms with Crippen molar-refractivity contribution in [2.45, 2.75) is 56.6 Å². The number of rotatable bonds is 13. The highest BCUT2D eigenvalue weighted by atomic mass is 127. The number of nitrogens with zero attached hydrogens (tertiary/aromatic N) is 1. The maximum absolute atomic E-state index is 13.3. The van der Waals surface area contributed by atoms with Crippen LogP contribution >= 0.6 is 22.6 Å². The number of methoxy groups -OCH3 is 2. The average molecular weight is 648 g/mol. The molecule has 1 aromatic rings. The topological polar surface area (TPSA) is 147 Å². The molecule has 1 aliphatic heterocycles. The number of benzene rings is 1. The number of aliphatic hydroxyl groups excluding tert-OH is 3. The standard InChI is InChI=1S/C26H37IN2O9/c1-35-9-5-23(32)29(14-18-4-3-8-37-18)20-12-17(26(34)28-6-7-30)13-21(24(20)33)38-25-19(27)10-16(15-31)11-22(25)36-2/h10-11,13,18,20-21,24,30-31,33H,3-9,12,14-15H2,1-2H3,(H,28,34). The van der Waals surface area contributed by atoms with Crippen molar-refractivity contribution in [1.82, 2.24) is 10.2 Å². The lowest BCUT2D eigenvalue weighted by Crippen LogP contribution is -2.56. The minimum Gasteiger partial charge on any atom is -0.493 e. The van der Waals surface area contributed by atoms with Gasteiger partial charge >= 0.3 is 0 Å². The number of hydrogen-bond donors (Lipinski definition) is 4. The van der Waals surface area contributed by atoms with Crippen molar-refractivity contribution < 1.29 is 43.9 Å². The van der Waals surface area contributed by atoms with Crippen LogP contribution in [0.4, 0.5) is 0 Å². The maximum Gasteiger partial charge on any atom is 0.247 e. The fourth-order valence-corrected chi connectivity index (χ4v) is 5.45. The first-order chi connectivity index (χ1) is 18.3. The van der Waals surface area contributed by atoms with Crippen molar-refractivity contribution in [3.05, 3.63) is 32.9 Å². The zero-order valence-corrected chi connectivity index (χ0v) is 23.9. The predicted octanol–water partition coefficient (Wildman–Crippen LogP) is 0.752. The van der Waals surface area contributed by atoms with Crippen LogP contribution in [0, 0.1) is 3.57 Å². The Morgan fingerprint density at radius 1 is 1.26 bits per heavy atom. The van der Waals surface area contributed by atoms with Gasteiger partial charge in [-0.05, 0) is 59.2 Å². The third-order valence-electron chi connectivity index (χ3n) is 6.61. The minimum absolute atomic E-state index is 0.0651. The Labute approximate surface area is 236 Å². The summed E-state index contributed by atoms with van der Waals surface area (Å²) < 4.78 is 23.3. The van der Waals surface area contributed by atoms with Gasteiger partial charge in [-0.3, -0.25) is 9.59 Å². The SMILES string of the molecule is COCCC(=O)N(CC1CCCO1)C1CC(C(=O)NCCO)=CC(Oc2c(I)cc(CO)cc2OC)C1O. The molecule has 38 heavy (non-hydrogen) atoms. The van der Waals surface area contributed by atoms with Crippen molar-refractivity contribution >= 4 is 34.4 Å². The predicted molar refractivity (Wildman–Crippen MR) is 146 cm³/mol. The second kappa shape index (κ2) is 15.0. The Bertz CT molecular complexity index is 984. The van der Waals surface area contributed by atoms with Gasteiger partial charge < -0.3 is 44.5 Å². The highest BCUT2D eigenvalue weighted by Crippen LogP contribution is 2.37. The first-order valence-corrected chi connectivity index (χ1v) is 13.7. The van der Waals surface area contributed by atoms with Gasteiger partial charge in [-0.1, -0.05) is 0 Å². The molecule has 0 radical (unpaired) electrons. The van der Waals surface area contributed by atoms with Crippen molar-refractivity contribution in [1.29, 1.82) is 0 Å². The highest BCUT2D eigenvalue weighted by Gasteiger charge is 2.41. The molecular weight excluding hydrogens is 611 g/mol. The molecule has 1 aromatic carbocycles. The van der Waals surface area contributed by atoms with E-state index < -0.39 is 24.2 Å². The number of halogens is 1. The summed E-state index contributed by atoms with van der Waals surface area (Å²) in [6, 6.07) is 2.61. The number of carbonyl (C=O) groups is 2. The van der Waals surface area contributed by atoms with Gasteiger partial charge in [0.2, 0.25) is 11.8 Å². The van der Waals surface area contributed by atoms with Crippen molar-refractivity contribution in [3.8, 4) is 11.5 Å². The third kappa shape index (κ3) is 7.79. The zero-order valence-electron chi connectivity index (χ0n) is 21.7. The molecule has 4 unspecified atom stereocenters. The van der Waals surface area contributed by atoms with Gasteiger partial charge in [0.15, 0.2) is 11.5 Å². The van der Waals surface area contributed by atoms with E-state index in [1.165, 1.54) is 14.2 Å². The molecule has 4 atom stereocenters. The van der Waals surface area contributed by atoms with Crippen LogP contribution in [0.1, 0.15) is 31.2 Å². The second-order valence-corrected chi connectivity index (χ2v) is 10.4. The summed E-state index contributed by atoms with van der Waals surface area (Å²) in [5, 5.41) is 32.9. The van der Waals surface area contributed by atoms with E-state index in [1.807, 2.05) is 0 Å². The van der Waals surface area contributed by atoms with E-state index in [0.29, 0.717) is 32.8 Å². The lowest BCUT2D eigenvalue weighted by Gasteiger charge is -2.41. The van der Waals surface area contributed by atoms with E-state index in [-0.39, 0.29) is 57.8 Å². The van der Waals surface area contributed by atoms with Crippen molar-refractivity contribution in [2.24, 2.45) is 0 Å². The van der Waals surface area contributed by atoms with Crippen LogP contribution in [0.2, 0.25) is 0 Å². The average Bonchev–Trinajstić information content (AvgIpc) is 3.44. The molecule has 0 aromatic heterocycles. The summed E-state index contributed by atoms with van der Waals surface area (Å²) in [5.41, 5.74) is 0.961.